The number of aryl methyl sites for hydroxylation is 2. The van der Waals surface area contributed by atoms with Crippen molar-refractivity contribution in [3.05, 3.63) is 44.0 Å². The standard InChI is InChI=1S/C8H16N.C6H11N2.C2H6O4S.ClH/c1-5-7-9(3,4)8-6-2;1-3-8-5-4-7(2)6-8;1-2-6-7(3,4)5;/h5-6H,1-2,7-8H2,3-4H3;4-6H,3H2,1-2H3;2H2,1H3,(H,3,4,5);1H/q2*+1;;/p-2. The van der Waals surface area contributed by atoms with Gasteiger partial charge in [-0.25, -0.2) is 17.6 Å². The zero-order valence-corrected chi connectivity index (χ0v) is 17.5. The van der Waals surface area contributed by atoms with Crippen LogP contribution in [0.1, 0.15) is 13.8 Å². The summed E-state index contributed by atoms with van der Waals surface area (Å²) in [6.07, 6.45) is 10.0. The summed E-state index contributed by atoms with van der Waals surface area (Å²) >= 11 is 0. The smallest absolute Gasteiger partial charge is 0.243 e. The van der Waals surface area contributed by atoms with Gasteiger partial charge in [-0.1, -0.05) is 13.2 Å². The van der Waals surface area contributed by atoms with E-state index in [9.17, 15) is 13.0 Å². The normalized spacial score (nSPS) is 10.3. The highest BCUT2D eigenvalue weighted by Crippen LogP contribution is 1.95. The Balaban J connectivity index is -0.000000287. The van der Waals surface area contributed by atoms with Gasteiger partial charge in [-0.05, 0) is 26.0 Å². The van der Waals surface area contributed by atoms with Crippen molar-refractivity contribution in [2.75, 3.05) is 33.8 Å². The fraction of sp³-hybridized carbons (Fsp3) is 0.562. The van der Waals surface area contributed by atoms with Crippen LogP contribution in [0.3, 0.4) is 0 Å². The molecule has 0 aliphatic carbocycles. The van der Waals surface area contributed by atoms with Crippen LogP contribution in [-0.4, -0.2) is 55.8 Å². The van der Waals surface area contributed by atoms with Gasteiger partial charge in [0.1, 0.15) is 12.4 Å². The molecular weight excluding hydrogens is 366 g/mol. The zero-order chi connectivity index (χ0) is 19.2. The quantitative estimate of drug-likeness (QED) is 0.180. The maximum atomic E-state index is 9.45. The first kappa shape index (κ1) is 28.6. The van der Waals surface area contributed by atoms with Crippen LogP contribution < -0.4 is 17.0 Å². The molecule has 1 aromatic rings. The predicted molar refractivity (Wildman–Crippen MR) is 94.8 cm³/mol. The summed E-state index contributed by atoms with van der Waals surface area (Å²) in [6.45, 7) is 13.9. The van der Waals surface area contributed by atoms with Crippen LogP contribution in [-0.2, 0) is 28.2 Å². The van der Waals surface area contributed by atoms with Gasteiger partial charge in [-0.2, -0.15) is 0 Å². The third kappa shape index (κ3) is 20.8. The van der Waals surface area contributed by atoms with Crippen LogP contribution in [0.4, 0.5) is 0 Å². The number of hydrogen-bond acceptors (Lipinski definition) is 4. The van der Waals surface area contributed by atoms with E-state index >= 15 is 0 Å². The van der Waals surface area contributed by atoms with E-state index in [2.05, 4.69) is 55.5 Å². The number of rotatable bonds is 7. The van der Waals surface area contributed by atoms with E-state index in [0.29, 0.717) is 0 Å². The van der Waals surface area contributed by atoms with Gasteiger partial charge < -0.3 is 21.4 Å². The van der Waals surface area contributed by atoms with Crippen LogP contribution in [0.15, 0.2) is 44.0 Å². The van der Waals surface area contributed by atoms with Gasteiger partial charge in [-0.15, -0.1) is 0 Å². The predicted octanol–water partition coefficient (Wildman–Crippen LogP) is -1.75. The summed E-state index contributed by atoms with van der Waals surface area (Å²) in [4.78, 5) is 0. The molecule has 0 amide bonds. The van der Waals surface area contributed by atoms with Crippen molar-refractivity contribution >= 4 is 10.4 Å². The average Bonchev–Trinajstić information content (AvgIpc) is 2.84. The zero-order valence-electron chi connectivity index (χ0n) is 15.9. The van der Waals surface area contributed by atoms with E-state index in [-0.39, 0.29) is 19.0 Å². The monoisotopic (exact) mass is 397 g/mol. The Morgan fingerprint density at radius 1 is 1.24 bits per heavy atom. The van der Waals surface area contributed by atoms with Crippen molar-refractivity contribution in [3.63, 3.8) is 0 Å². The second kappa shape index (κ2) is 15.1. The molecule has 0 atom stereocenters. The lowest BCUT2D eigenvalue weighted by Crippen LogP contribution is -3.00. The molecule has 0 aliphatic rings. The first-order chi connectivity index (χ1) is 11.0. The van der Waals surface area contributed by atoms with E-state index < -0.39 is 10.4 Å². The SMILES string of the molecule is C=CC[N+](C)(C)CC=C.CCOS(=O)(=O)[O-].CCn1cc[n+](C)c1.[Cl-]. The average molecular weight is 398 g/mol. The Morgan fingerprint density at radius 2 is 1.72 bits per heavy atom. The van der Waals surface area contributed by atoms with E-state index in [0.717, 1.165) is 24.1 Å². The minimum Gasteiger partial charge on any atom is -1.00 e. The molecule has 0 fully saturated rings. The Labute approximate surface area is 159 Å². The third-order valence-electron chi connectivity index (χ3n) is 2.70. The summed E-state index contributed by atoms with van der Waals surface area (Å²) < 4.78 is 37.1. The number of quaternary nitrogens is 1. The molecule has 9 heteroatoms. The molecule has 0 saturated carbocycles. The van der Waals surface area contributed by atoms with Crippen LogP contribution in [0.5, 0.6) is 0 Å². The Bertz CT molecular complexity index is 560. The molecule has 1 heterocycles. The Kier molecular flexibility index (Phi) is 17.3. The second-order valence-electron chi connectivity index (χ2n) is 5.60. The van der Waals surface area contributed by atoms with E-state index in [1.807, 2.05) is 30.0 Å². The summed E-state index contributed by atoms with van der Waals surface area (Å²) in [6, 6.07) is 0. The molecule has 0 aliphatic heterocycles. The lowest BCUT2D eigenvalue weighted by atomic mass is 10.4. The van der Waals surface area contributed by atoms with Crippen molar-refractivity contribution in [1.29, 1.82) is 0 Å². The number of hydrogen-bond donors (Lipinski definition) is 0. The minimum absolute atomic E-state index is 0. The van der Waals surface area contributed by atoms with E-state index in [4.69, 9.17) is 0 Å². The number of nitrogens with zero attached hydrogens (tertiary/aromatic N) is 3. The molecule has 0 bridgehead atoms. The van der Waals surface area contributed by atoms with Crippen molar-refractivity contribution in [3.8, 4) is 0 Å². The molecule has 148 valence electrons. The largest absolute Gasteiger partial charge is 1.00 e. The summed E-state index contributed by atoms with van der Waals surface area (Å²) in [5, 5.41) is 0. The van der Waals surface area contributed by atoms with Gasteiger partial charge in [0.15, 0.2) is 0 Å². The summed E-state index contributed by atoms with van der Waals surface area (Å²) in [7, 11) is 1.91. The molecule has 0 N–H and O–H groups in total. The van der Waals surface area contributed by atoms with Crippen LogP contribution >= 0.6 is 0 Å². The molecule has 0 saturated heterocycles. The molecule has 1 aromatic heterocycles. The van der Waals surface area contributed by atoms with Crippen molar-refractivity contribution < 1.29 is 38.6 Å². The van der Waals surface area contributed by atoms with Crippen molar-refractivity contribution in [1.82, 2.24) is 4.57 Å². The van der Waals surface area contributed by atoms with Gasteiger partial charge in [0, 0.05) is 0 Å². The highest BCUT2D eigenvalue weighted by atomic mass is 35.5. The molecule has 1 rings (SSSR count). The highest BCUT2D eigenvalue weighted by Gasteiger charge is 2.07. The fourth-order valence-corrected chi connectivity index (χ4v) is 1.90. The van der Waals surface area contributed by atoms with E-state index in [1.165, 1.54) is 6.92 Å². The maximum absolute atomic E-state index is 9.45. The first-order valence-electron chi connectivity index (χ1n) is 7.66. The lowest BCUT2D eigenvalue weighted by Gasteiger charge is -2.26. The fourth-order valence-electron chi connectivity index (χ4n) is 1.61. The number of halogens is 1. The van der Waals surface area contributed by atoms with Gasteiger partial charge in [0.25, 0.3) is 0 Å². The third-order valence-corrected chi connectivity index (χ3v) is 3.22. The van der Waals surface area contributed by atoms with E-state index in [1.54, 1.807) is 0 Å². The molecule has 0 spiro atoms. The highest BCUT2D eigenvalue weighted by molar-refractivity contribution is 7.80. The summed E-state index contributed by atoms with van der Waals surface area (Å²) in [5.74, 6) is 0. The molecular formula is C16H32ClN3O4S. The number of aromatic nitrogens is 2. The molecule has 25 heavy (non-hydrogen) atoms. The molecule has 7 nitrogen and oxygen atoms in total. The molecule has 0 radical (unpaired) electrons. The first-order valence-corrected chi connectivity index (χ1v) is 8.99. The van der Waals surface area contributed by atoms with Crippen LogP contribution in [0.25, 0.3) is 0 Å². The van der Waals surface area contributed by atoms with Gasteiger partial charge in [-0.3, -0.25) is 4.18 Å². The topological polar surface area (TPSA) is 75.2 Å². The Hall–Kier alpha value is -1.19. The second-order valence-corrected chi connectivity index (χ2v) is 6.65. The lowest BCUT2D eigenvalue weighted by molar-refractivity contribution is -0.878. The molecule has 0 unspecified atom stereocenters. The van der Waals surface area contributed by atoms with Gasteiger partial charge in [0.05, 0.1) is 47.4 Å². The van der Waals surface area contributed by atoms with Crippen LogP contribution in [0.2, 0.25) is 0 Å². The number of imidazole rings is 1. The number of likely N-dealkylation sites (N-methyl/N-ethyl adjacent to an activating group) is 1. The van der Waals surface area contributed by atoms with Gasteiger partial charge >= 0.3 is 0 Å². The molecule has 0 aromatic carbocycles. The van der Waals surface area contributed by atoms with Crippen LogP contribution in [0, 0.1) is 0 Å². The minimum atomic E-state index is -4.42. The maximum Gasteiger partial charge on any atom is 0.243 e. The Morgan fingerprint density at radius 3 is 1.88 bits per heavy atom. The summed E-state index contributed by atoms with van der Waals surface area (Å²) in [5.41, 5.74) is 0. The van der Waals surface area contributed by atoms with Gasteiger partial charge in [0.2, 0.25) is 16.7 Å². The van der Waals surface area contributed by atoms with Crippen molar-refractivity contribution in [2.45, 2.75) is 20.4 Å². The van der Waals surface area contributed by atoms with Crippen molar-refractivity contribution in [2.24, 2.45) is 7.05 Å².